The lowest BCUT2D eigenvalue weighted by molar-refractivity contribution is -0.132. The summed E-state index contributed by atoms with van der Waals surface area (Å²) < 4.78 is 36.1. The van der Waals surface area contributed by atoms with Gasteiger partial charge in [0.05, 0.1) is 13.0 Å². The zero-order valence-electron chi connectivity index (χ0n) is 11.4. The number of rotatable bonds is 6. The van der Waals surface area contributed by atoms with Gasteiger partial charge in [0.1, 0.15) is 0 Å². The Hall–Kier alpha value is -1.79. The molecule has 4 nitrogen and oxygen atoms in total. The van der Waals surface area contributed by atoms with Gasteiger partial charge in [-0.15, -0.1) is 0 Å². The third-order valence-corrected chi connectivity index (χ3v) is 2.41. The monoisotopic (exact) mass is 288 g/mol. The zero-order valence-corrected chi connectivity index (χ0v) is 11.4. The minimum absolute atomic E-state index is 0.275. The van der Waals surface area contributed by atoms with E-state index in [-0.39, 0.29) is 6.54 Å². The highest BCUT2D eigenvalue weighted by Crippen LogP contribution is 2.18. The molecule has 0 fully saturated rings. The molecule has 0 aliphatic heterocycles. The van der Waals surface area contributed by atoms with Gasteiger partial charge in [0.25, 0.3) is 0 Å². The lowest BCUT2D eigenvalue weighted by Gasteiger charge is -2.11. The first-order valence-corrected chi connectivity index (χ1v) is 6.50. The predicted octanol–water partition coefficient (Wildman–Crippen LogP) is 2.13. The molecule has 1 aromatic heterocycles. The van der Waals surface area contributed by atoms with Crippen molar-refractivity contribution in [3.05, 3.63) is 30.1 Å². The second-order valence-corrected chi connectivity index (χ2v) is 4.12. The second-order valence-electron chi connectivity index (χ2n) is 4.12. The summed E-state index contributed by atoms with van der Waals surface area (Å²) in [7, 11) is 0. The molecule has 1 heterocycles. The van der Waals surface area contributed by atoms with E-state index in [4.69, 9.17) is 0 Å². The third kappa shape index (κ3) is 7.60. The van der Waals surface area contributed by atoms with Crippen LogP contribution in [0.5, 0.6) is 0 Å². The molecule has 0 aromatic carbocycles. The van der Waals surface area contributed by atoms with E-state index in [1.807, 2.05) is 25.1 Å². The van der Waals surface area contributed by atoms with E-state index < -0.39 is 12.6 Å². The molecule has 0 saturated carbocycles. The minimum atomic E-state index is -4.17. The summed E-state index contributed by atoms with van der Waals surface area (Å²) >= 11 is 0. The molecule has 20 heavy (non-hydrogen) atoms. The van der Waals surface area contributed by atoms with Crippen LogP contribution in [0.25, 0.3) is 0 Å². The van der Waals surface area contributed by atoms with Gasteiger partial charge < -0.3 is 10.6 Å². The van der Waals surface area contributed by atoms with Gasteiger partial charge in [-0.3, -0.25) is 9.98 Å². The maximum absolute atomic E-state index is 12.0. The number of nitrogens with zero attached hydrogens (tertiary/aromatic N) is 2. The fourth-order valence-electron chi connectivity index (χ4n) is 1.49. The molecule has 0 amide bonds. The van der Waals surface area contributed by atoms with Gasteiger partial charge in [0.2, 0.25) is 0 Å². The summed E-state index contributed by atoms with van der Waals surface area (Å²) in [5.74, 6) is 0.396. The Morgan fingerprint density at radius 2 is 2.10 bits per heavy atom. The Kier molecular flexibility index (Phi) is 6.83. The lowest BCUT2D eigenvalue weighted by atomic mass is 10.3. The molecule has 0 radical (unpaired) electrons. The number of guanidine groups is 1. The van der Waals surface area contributed by atoms with Gasteiger partial charge in [-0.25, -0.2) is 0 Å². The fourth-order valence-corrected chi connectivity index (χ4v) is 1.49. The Morgan fingerprint density at radius 1 is 1.30 bits per heavy atom. The van der Waals surface area contributed by atoms with Crippen LogP contribution >= 0.6 is 0 Å². The molecule has 112 valence electrons. The van der Waals surface area contributed by atoms with Crippen LogP contribution in [-0.2, 0) is 6.42 Å². The quantitative estimate of drug-likeness (QED) is 0.623. The maximum atomic E-state index is 12.0. The van der Waals surface area contributed by atoms with Gasteiger partial charge in [-0.2, -0.15) is 13.2 Å². The van der Waals surface area contributed by atoms with Crippen LogP contribution in [-0.4, -0.2) is 36.8 Å². The van der Waals surface area contributed by atoms with Crippen LogP contribution in [0.4, 0.5) is 13.2 Å². The molecule has 2 N–H and O–H groups in total. The van der Waals surface area contributed by atoms with E-state index in [0.717, 1.165) is 5.69 Å². The topological polar surface area (TPSA) is 49.3 Å². The third-order valence-electron chi connectivity index (χ3n) is 2.41. The van der Waals surface area contributed by atoms with E-state index >= 15 is 0 Å². The zero-order chi connectivity index (χ0) is 14.8. The first-order chi connectivity index (χ1) is 9.51. The second kappa shape index (κ2) is 8.39. The highest BCUT2D eigenvalue weighted by atomic mass is 19.4. The summed E-state index contributed by atoms with van der Waals surface area (Å²) in [6.07, 6.45) is -2.69. The van der Waals surface area contributed by atoms with Crippen LogP contribution in [0.1, 0.15) is 19.0 Å². The van der Waals surface area contributed by atoms with Crippen molar-refractivity contribution in [1.82, 2.24) is 15.6 Å². The number of halogens is 3. The number of hydrogen-bond donors (Lipinski definition) is 2. The van der Waals surface area contributed by atoms with Gasteiger partial charge in [0.15, 0.2) is 5.96 Å². The van der Waals surface area contributed by atoms with Gasteiger partial charge in [0, 0.05) is 31.4 Å². The average molecular weight is 288 g/mol. The summed E-state index contributed by atoms with van der Waals surface area (Å²) in [5, 5.41) is 5.89. The Bertz CT molecular complexity index is 404. The van der Waals surface area contributed by atoms with Crippen LogP contribution in [0.3, 0.4) is 0 Å². The number of alkyl halides is 3. The van der Waals surface area contributed by atoms with Crippen LogP contribution < -0.4 is 10.6 Å². The lowest BCUT2D eigenvalue weighted by Crippen LogP contribution is -2.38. The number of aromatic nitrogens is 1. The highest BCUT2D eigenvalue weighted by molar-refractivity contribution is 5.79. The molecule has 0 bridgehead atoms. The Labute approximate surface area is 116 Å². The summed E-state index contributed by atoms with van der Waals surface area (Å²) in [6.45, 7) is 2.75. The number of aliphatic imine (C=N–C) groups is 1. The van der Waals surface area contributed by atoms with E-state index in [0.29, 0.717) is 25.5 Å². The van der Waals surface area contributed by atoms with E-state index in [2.05, 4.69) is 20.6 Å². The first kappa shape index (κ1) is 16.3. The Morgan fingerprint density at radius 3 is 2.70 bits per heavy atom. The van der Waals surface area contributed by atoms with E-state index in [1.54, 1.807) is 6.20 Å². The van der Waals surface area contributed by atoms with Crippen molar-refractivity contribution >= 4 is 5.96 Å². The molecular weight excluding hydrogens is 269 g/mol. The standard InChI is InChI=1S/C13H19F3N4/c1-2-17-12(20-10-7-13(14,15)16)19-9-6-11-5-3-4-8-18-11/h3-5,8H,2,6-7,9-10H2,1H3,(H2,17,19,20). The largest absolute Gasteiger partial charge is 0.390 e. The van der Waals surface area contributed by atoms with Crippen molar-refractivity contribution in [3.8, 4) is 0 Å². The van der Waals surface area contributed by atoms with Crippen molar-refractivity contribution in [2.75, 3.05) is 19.6 Å². The van der Waals surface area contributed by atoms with Gasteiger partial charge in [-0.1, -0.05) is 6.07 Å². The molecule has 0 aliphatic carbocycles. The van der Waals surface area contributed by atoms with Gasteiger partial charge in [-0.05, 0) is 19.1 Å². The van der Waals surface area contributed by atoms with Crippen LogP contribution in [0, 0.1) is 0 Å². The number of hydrogen-bond acceptors (Lipinski definition) is 2. The Balaban J connectivity index is 2.36. The fraction of sp³-hybridized carbons (Fsp3) is 0.538. The molecule has 0 spiro atoms. The summed E-state index contributed by atoms with van der Waals surface area (Å²) in [4.78, 5) is 8.05. The van der Waals surface area contributed by atoms with E-state index in [1.165, 1.54) is 0 Å². The molecule has 1 aromatic rings. The summed E-state index contributed by atoms with van der Waals surface area (Å²) in [6, 6.07) is 5.62. The number of pyridine rings is 1. The minimum Gasteiger partial charge on any atom is -0.357 e. The van der Waals surface area contributed by atoms with Gasteiger partial charge >= 0.3 is 6.18 Å². The van der Waals surface area contributed by atoms with Crippen molar-refractivity contribution in [2.24, 2.45) is 4.99 Å². The molecule has 0 saturated heterocycles. The van der Waals surface area contributed by atoms with Crippen molar-refractivity contribution in [2.45, 2.75) is 25.9 Å². The average Bonchev–Trinajstić information content (AvgIpc) is 2.38. The first-order valence-electron chi connectivity index (χ1n) is 6.50. The molecule has 0 unspecified atom stereocenters. The van der Waals surface area contributed by atoms with Crippen molar-refractivity contribution in [1.29, 1.82) is 0 Å². The molecule has 0 atom stereocenters. The maximum Gasteiger partial charge on any atom is 0.390 e. The van der Waals surface area contributed by atoms with Crippen LogP contribution in [0.15, 0.2) is 29.4 Å². The summed E-state index contributed by atoms with van der Waals surface area (Å²) in [5.41, 5.74) is 0.922. The number of nitrogens with one attached hydrogen (secondary N) is 2. The smallest absolute Gasteiger partial charge is 0.357 e. The SMILES string of the molecule is CCNC(=NCCC(F)(F)F)NCCc1ccccn1. The normalized spacial score (nSPS) is 12.3. The highest BCUT2D eigenvalue weighted by Gasteiger charge is 2.26. The molecule has 7 heteroatoms. The van der Waals surface area contributed by atoms with Crippen LogP contribution in [0.2, 0.25) is 0 Å². The molecule has 1 rings (SSSR count). The van der Waals surface area contributed by atoms with Crippen molar-refractivity contribution < 1.29 is 13.2 Å². The van der Waals surface area contributed by atoms with E-state index in [9.17, 15) is 13.2 Å². The van der Waals surface area contributed by atoms with Crippen molar-refractivity contribution in [3.63, 3.8) is 0 Å². The predicted molar refractivity (Wildman–Crippen MR) is 72.6 cm³/mol. The molecule has 0 aliphatic rings. The molecular formula is C13H19F3N4.